The minimum atomic E-state index is -0.298. The largest absolute Gasteiger partial charge is 0.350 e. The van der Waals surface area contributed by atoms with Gasteiger partial charge in [-0.15, -0.1) is 0 Å². The van der Waals surface area contributed by atoms with Crippen molar-refractivity contribution < 1.29 is 14.0 Å². The molecule has 3 rings (SSSR count). The van der Waals surface area contributed by atoms with Gasteiger partial charge in [0.15, 0.2) is 0 Å². The maximum absolute atomic E-state index is 13.0. The van der Waals surface area contributed by atoms with Crippen molar-refractivity contribution in [2.45, 2.75) is 26.9 Å². The number of nitrogens with zero attached hydrogens (tertiary/aromatic N) is 2. The van der Waals surface area contributed by atoms with Crippen LogP contribution in [0.4, 0.5) is 9.18 Å². The Bertz CT molecular complexity index is 836. The zero-order chi connectivity index (χ0) is 19.4. The molecule has 2 aromatic carbocycles. The molecule has 3 amide bonds. The number of nitrogens with one attached hydrogen (secondary N) is 1. The third-order valence-electron chi connectivity index (χ3n) is 4.86. The zero-order valence-electron chi connectivity index (χ0n) is 15.7. The number of amides is 3. The Kier molecular flexibility index (Phi) is 5.74. The number of aryl methyl sites for hydroxylation is 2. The molecule has 1 aliphatic rings. The summed E-state index contributed by atoms with van der Waals surface area (Å²) in [5.41, 5.74) is 4.31. The fraction of sp³-hybridized carbons (Fsp3) is 0.333. The van der Waals surface area contributed by atoms with E-state index in [1.54, 1.807) is 21.9 Å². The molecular weight excluding hydrogens is 345 g/mol. The Morgan fingerprint density at radius 2 is 1.67 bits per heavy atom. The molecule has 0 saturated carbocycles. The molecule has 0 radical (unpaired) electrons. The molecule has 0 aromatic heterocycles. The second-order valence-corrected chi connectivity index (χ2v) is 6.95. The van der Waals surface area contributed by atoms with E-state index < -0.39 is 0 Å². The zero-order valence-corrected chi connectivity index (χ0v) is 15.7. The molecule has 5 nitrogen and oxygen atoms in total. The SMILES string of the molecule is Cc1ccc(CNC(=O)CN2CCN(Cc3ccc(F)cc3)C2=O)cc1C. The van der Waals surface area contributed by atoms with Gasteiger partial charge >= 0.3 is 6.03 Å². The maximum atomic E-state index is 13.0. The number of rotatable bonds is 6. The Morgan fingerprint density at radius 3 is 2.37 bits per heavy atom. The topological polar surface area (TPSA) is 52.7 Å². The molecule has 1 fully saturated rings. The number of halogens is 1. The first-order valence-electron chi connectivity index (χ1n) is 9.03. The van der Waals surface area contributed by atoms with Crippen molar-refractivity contribution in [2.24, 2.45) is 0 Å². The Hall–Kier alpha value is -2.89. The van der Waals surface area contributed by atoms with E-state index in [1.807, 2.05) is 26.0 Å². The molecule has 0 spiro atoms. The highest BCUT2D eigenvalue weighted by atomic mass is 19.1. The van der Waals surface area contributed by atoms with Crippen molar-refractivity contribution in [3.8, 4) is 0 Å². The van der Waals surface area contributed by atoms with Crippen LogP contribution in [0.5, 0.6) is 0 Å². The molecule has 27 heavy (non-hydrogen) atoms. The monoisotopic (exact) mass is 369 g/mol. The van der Waals surface area contributed by atoms with E-state index in [4.69, 9.17) is 0 Å². The highest BCUT2D eigenvalue weighted by molar-refractivity contribution is 5.85. The van der Waals surface area contributed by atoms with Crippen LogP contribution in [0, 0.1) is 19.7 Å². The van der Waals surface area contributed by atoms with Crippen LogP contribution in [-0.4, -0.2) is 41.4 Å². The number of urea groups is 1. The Morgan fingerprint density at radius 1 is 1.00 bits per heavy atom. The first kappa shape index (κ1) is 18.9. The van der Waals surface area contributed by atoms with Gasteiger partial charge in [0, 0.05) is 26.2 Å². The molecule has 0 unspecified atom stereocenters. The highest BCUT2D eigenvalue weighted by Crippen LogP contribution is 2.14. The average molecular weight is 369 g/mol. The van der Waals surface area contributed by atoms with Crippen LogP contribution >= 0.6 is 0 Å². The minimum absolute atomic E-state index is 0.0452. The second-order valence-electron chi connectivity index (χ2n) is 6.95. The quantitative estimate of drug-likeness (QED) is 0.851. The molecular formula is C21H24FN3O2. The van der Waals surface area contributed by atoms with Crippen molar-refractivity contribution in [2.75, 3.05) is 19.6 Å². The first-order valence-corrected chi connectivity index (χ1v) is 9.03. The lowest BCUT2D eigenvalue weighted by atomic mass is 10.1. The van der Waals surface area contributed by atoms with E-state index in [0.717, 1.165) is 11.1 Å². The molecule has 2 aromatic rings. The molecule has 1 aliphatic heterocycles. The third kappa shape index (κ3) is 4.84. The van der Waals surface area contributed by atoms with Gasteiger partial charge in [-0.25, -0.2) is 9.18 Å². The van der Waals surface area contributed by atoms with Gasteiger partial charge in [0.1, 0.15) is 12.4 Å². The molecule has 1 heterocycles. The fourth-order valence-corrected chi connectivity index (χ4v) is 3.08. The Labute approximate surface area is 158 Å². The van der Waals surface area contributed by atoms with E-state index in [1.165, 1.54) is 23.3 Å². The van der Waals surface area contributed by atoms with Crippen molar-refractivity contribution >= 4 is 11.9 Å². The van der Waals surface area contributed by atoms with Gasteiger partial charge in [0.25, 0.3) is 0 Å². The average Bonchev–Trinajstić information content (AvgIpc) is 2.98. The van der Waals surface area contributed by atoms with Gasteiger partial charge < -0.3 is 15.1 Å². The minimum Gasteiger partial charge on any atom is -0.350 e. The van der Waals surface area contributed by atoms with Gasteiger partial charge in [-0.1, -0.05) is 30.3 Å². The predicted molar refractivity (Wildman–Crippen MR) is 102 cm³/mol. The smallest absolute Gasteiger partial charge is 0.320 e. The normalized spacial score (nSPS) is 14.0. The van der Waals surface area contributed by atoms with Crippen molar-refractivity contribution in [3.05, 3.63) is 70.5 Å². The summed E-state index contributed by atoms with van der Waals surface area (Å²) in [6, 6.07) is 12.0. The van der Waals surface area contributed by atoms with Gasteiger partial charge in [-0.3, -0.25) is 4.79 Å². The van der Waals surface area contributed by atoms with E-state index >= 15 is 0 Å². The fourth-order valence-electron chi connectivity index (χ4n) is 3.08. The number of benzene rings is 2. The number of carbonyl (C=O) groups is 2. The van der Waals surface area contributed by atoms with Gasteiger partial charge in [-0.2, -0.15) is 0 Å². The van der Waals surface area contributed by atoms with Crippen LogP contribution in [0.3, 0.4) is 0 Å². The molecule has 0 atom stereocenters. The summed E-state index contributed by atoms with van der Waals surface area (Å²) in [6.07, 6.45) is 0. The molecule has 6 heteroatoms. The van der Waals surface area contributed by atoms with E-state index in [0.29, 0.717) is 26.2 Å². The number of hydrogen-bond acceptors (Lipinski definition) is 2. The summed E-state index contributed by atoms with van der Waals surface area (Å²) in [5.74, 6) is -0.473. The summed E-state index contributed by atoms with van der Waals surface area (Å²) in [7, 11) is 0. The van der Waals surface area contributed by atoms with Crippen LogP contribution in [0.2, 0.25) is 0 Å². The summed E-state index contributed by atoms with van der Waals surface area (Å²) in [6.45, 7) is 6.07. The van der Waals surface area contributed by atoms with Crippen LogP contribution in [0.1, 0.15) is 22.3 Å². The van der Waals surface area contributed by atoms with Crippen LogP contribution in [0.25, 0.3) is 0 Å². The number of hydrogen-bond donors (Lipinski definition) is 1. The van der Waals surface area contributed by atoms with E-state index in [-0.39, 0.29) is 24.3 Å². The van der Waals surface area contributed by atoms with Gasteiger partial charge in [0.2, 0.25) is 5.91 Å². The van der Waals surface area contributed by atoms with Crippen LogP contribution in [-0.2, 0) is 17.9 Å². The Balaban J connectivity index is 1.48. The second kappa shape index (κ2) is 8.20. The lowest BCUT2D eigenvalue weighted by Gasteiger charge is -2.18. The van der Waals surface area contributed by atoms with Gasteiger partial charge in [0.05, 0.1) is 0 Å². The van der Waals surface area contributed by atoms with E-state index in [9.17, 15) is 14.0 Å². The molecule has 0 aliphatic carbocycles. The van der Waals surface area contributed by atoms with Crippen molar-refractivity contribution in [3.63, 3.8) is 0 Å². The summed E-state index contributed by atoms with van der Waals surface area (Å²) < 4.78 is 13.0. The first-order chi connectivity index (χ1) is 12.9. The van der Waals surface area contributed by atoms with Crippen LogP contribution in [0.15, 0.2) is 42.5 Å². The number of carbonyl (C=O) groups excluding carboxylic acids is 2. The molecule has 1 saturated heterocycles. The van der Waals surface area contributed by atoms with Crippen LogP contribution < -0.4 is 5.32 Å². The van der Waals surface area contributed by atoms with Crippen molar-refractivity contribution in [1.29, 1.82) is 0 Å². The summed E-state index contributed by atoms with van der Waals surface area (Å²) in [4.78, 5) is 27.9. The van der Waals surface area contributed by atoms with Crippen molar-refractivity contribution in [1.82, 2.24) is 15.1 Å². The molecule has 0 bridgehead atoms. The van der Waals surface area contributed by atoms with Gasteiger partial charge in [-0.05, 0) is 48.2 Å². The molecule has 142 valence electrons. The third-order valence-corrected chi connectivity index (χ3v) is 4.86. The summed E-state index contributed by atoms with van der Waals surface area (Å²) in [5, 5.41) is 2.87. The standard InChI is InChI=1S/C21H24FN3O2/c1-15-3-4-18(11-16(15)2)12-23-20(26)14-25-10-9-24(21(25)27)13-17-5-7-19(22)8-6-17/h3-8,11H,9-10,12-14H2,1-2H3,(H,23,26). The van der Waals surface area contributed by atoms with E-state index in [2.05, 4.69) is 11.4 Å². The lowest BCUT2D eigenvalue weighted by molar-refractivity contribution is -0.121. The summed E-state index contributed by atoms with van der Waals surface area (Å²) >= 11 is 0. The lowest BCUT2D eigenvalue weighted by Crippen LogP contribution is -2.39. The predicted octanol–water partition coefficient (Wildman–Crippen LogP) is 3.00. The maximum Gasteiger partial charge on any atom is 0.320 e. The highest BCUT2D eigenvalue weighted by Gasteiger charge is 2.29. The molecule has 1 N–H and O–H groups in total.